The molecule has 1 aliphatic rings. The zero-order valence-corrected chi connectivity index (χ0v) is 13.1. The van der Waals surface area contributed by atoms with Crippen molar-refractivity contribution >= 4 is 17.3 Å². The van der Waals surface area contributed by atoms with Crippen molar-refractivity contribution in [3.63, 3.8) is 0 Å². The van der Waals surface area contributed by atoms with Crippen LogP contribution < -0.4 is 5.32 Å². The molecule has 0 aromatic heterocycles. The molecule has 2 atom stereocenters. The summed E-state index contributed by atoms with van der Waals surface area (Å²) in [7, 11) is 0. The maximum atomic E-state index is 9.67. The Bertz CT molecular complexity index is 475. The monoisotopic (exact) mass is 290 g/mol. The molecular formula is C17H23ClN2. The van der Waals surface area contributed by atoms with Crippen molar-refractivity contribution in [1.82, 2.24) is 0 Å². The van der Waals surface area contributed by atoms with Gasteiger partial charge in [-0.1, -0.05) is 31.9 Å². The summed E-state index contributed by atoms with van der Waals surface area (Å²) in [6.07, 6.45) is 5.34. The molecule has 0 aliphatic heterocycles. The smallest absolute Gasteiger partial charge is 0.125 e. The van der Waals surface area contributed by atoms with Crippen LogP contribution in [0.25, 0.3) is 0 Å². The normalized spacial score (nSPS) is 26.9. The summed E-state index contributed by atoms with van der Waals surface area (Å²) in [6.45, 7) is 4.58. The van der Waals surface area contributed by atoms with E-state index in [1.54, 1.807) is 0 Å². The van der Waals surface area contributed by atoms with E-state index in [0.717, 1.165) is 42.3 Å². The van der Waals surface area contributed by atoms with Gasteiger partial charge in [0.05, 0.1) is 6.07 Å². The van der Waals surface area contributed by atoms with Gasteiger partial charge in [0.2, 0.25) is 0 Å². The minimum absolute atomic E-state index is 0.419. The van der Waals surface area contributed by atoms with E-state index in [9.17, 15) is 5.26 Å². The average molecular weight is 291 g/mol. The van der Waals surface area contributed by atoms with Crippen molar-refractivity contribution in [3.8, 4) is 6.07 Å². The number of hydrogen-bond donors (Lipinski definition) is 1. The SMILES string of the molecule is CC(C)C1CCCC(C#N)(Nc2ccc(Cl)cc2)CC1. The van der Waals surface area contributed by atoms with E-state index in [4.69, 9.17) is 11.6 Å². The van der Waals surface area contributed by atoms with Crippen LogP contribution in [-0.2, 0) is 0 Å². The number of benzene rings is 1. The van der Waals surface area contributed by atoms with E-state index in [2.05, 4.69) is 25.2 Å². The topological polar surface area (TPSA) is 35.8 Å². The van der Waals surface area contributed by atoms with E-state index < -0.39 is 5.54 Å². The fourth-order valence-electron chi connectivity index (χ4n) is 3.11. The van der Waals surface area contributed by atoms with Crippen molar-refractivity contribution in [2.45, 2.75) is 51.5 Å². The quantitative estimate of drug-likeness (QED) is 0.772. The van der Waals surface area contributed by atoms with Crippen molar-refractivity contribution in [3.05, 3.63) is 29.3 Å². The fraction of sp³-hybridized carbons (Fsp3) is 0.588. The van der Waals surface area contributed by atoms with E-state index >= 15 is 0 Å². The van der Waals surface area contributed by atoms with Gasteiger partial charge in [-0.15, -0.1) is 0 Å². The Kier molecular flexibility index (Phi) is 4.94. The molecule has 0 radical (unpaired) electrons. The predicted molar refractivity (Wildman–Crippen MR) is 84.8 cm³/mol. The Morgan fingerprint density at radius 2 is 1.95 bits per heavy atom. The van der Waals surface area contributed by atoms with Crippen molar-refractivity contribution in [2.75, 3.05) is 5.32 Å². The molecule has 108 valence electrons. The van der Waals surface area contributed by atoms with Gasteiger partial charge in [0.15, 0.2) is 0 Å². The minimum Gasteiger partial charge on any atom is -0.367 e. The molecule has 0 bridgehead atoms. The number of anilines is 1. The van der Waals surface area contributed by atoms with Crippen molar-refractivity contribution in [1.29, 1.82) is 5.26 Å². The lowest BCUT2D eigenvalue weighted by Gasteiger charge is -2.28. The molecule has 2 rings (SSSR count). The van der Waals surface area contributed by atoms with Crippen LogP contribution in [0.3, 0.4) is 0 Å². The molecule has 0 amide bonds. The molecular weight excluding hydrogens is 268 g/mol. The fourth-order valence-corrected chi connectivity index (χ4v) is 3.23. The molecule has 1 N–H and O–H groups in total. The third-order valence-corrected chi connectivity index (χ3v) is 4.76. The Balaban J connectivity index is 2.10. The summed E-state index contributed by atoms with van der Waals surface area (Å²) >= 11 is 5.91. The Morgan fingerprint density at radius 3 is 2.55 bits per heavy atom. The molecule has 3 heteroatoms. The summed E-state index contributed by atoms with van der Waals surface area (Å²) in [4.78, 5) is 0. The highest BCUT2D eigenvalue weighted by Gasteiger charge is 2.33. The molecule has 20 heavy (non-hydrogen) atoms. The van der Waals surface area contributed by atoms with E-state index in [0.29, 0.717) is 5.92 Å². The Morgan fingerprint density at radius 1 is 1.25 bits per heavy atom. The van der Waals surface area contributed by atoms with Gasteiger partial charge in [0.1, 0.15) is 5.54 Å². The van der Waals surface area contributed by atoms with Gasteiger partial charge < -0.3 is 5.32 Å². The largest absolute Gasteiger partial charge is 0.367 e. The molecule has 1 fully saturated rings. The molecule has 1 aromatic carbocycles. The minimum atomic E-state index is -0.419. The first kappa shape index (κ1) is 15.2. The molecule has 0 saturated heterocycles. The molecule has 0 spiro atoms. The number of halogens is 1. The summed E-state index contributed by atoms with van der Waals surface area (Å²) in [6, 6.07) is 10.2. The standard InChI is InChI=1S/C17H23ClN2/c1-13(2)14-4-3-10-17(12-19,11-9-14)20-16-7-5-15(18)6-8-16/h5-8,13-14,20H,3-4,9-11H2,1-2H3. The lowest BCUT2D eigenvalue weighted by molar-refractivity contribution is 0.339. The first-order valence-corrected chi connectivity index (χ1v) is 7.87. The molecule has 1 aromatic rings. The third-order valence-electron chi connectivity index (χ3n) is 4.51. The van der Waals surface area contributed by atoms with E-state index in [-0.39, 0.29) is 0 Å². The molecule has 1 aliphatic carbocycles. The molecule has 2 nitrogen and oxygen atoms in total. The number of nitrogens with one attached hydrogen (secondary N) is 1. The van der Waals surface area contributed by atoms with Gasteiger partial charge in [0, 0.05) is 10.7 Å². The van der Waals surface area contributed by atoms with Gasteiger partial charge in [-0.3, -0.25) is 0 Å². The maximum Gasteiger partial charge on any atom is 0.125 e. The van der Waals surface area contributed by atoms with Crippen molar-refractivity contribution in [2.24, 2.45) is 11.8 Å². The number of nitrogens with zero attached hydrogens (tertiary/aromatic N) is 1. The van der Waals surface area contributed by atoms with Gasteiger partial charge in [-0.05, 0) is 61.8 Å². The van der Waals surface area contributed by atoms with E-state index in [1.807, 2.05) is 24.3 Å². The summed E-state index contributed by atoms with van der Waals surface area (Å²) < 4.78 is 0. The number of rotatable bonds is 3. The zero-order valence-electron chi connectivity index (χ0n) is 12.3. The number of hydrogen-bond acceptors (Lipinski definition) is 2. The Hall–Kier alpha value is -1.20. The van der Waals surface area contributed by atoms with Crippen LogP contribution in [0.15, 0.2) is 24.3 Å². The lowest BCUT2D eigenvalue weighted by Crippen LogP contribution is -2.36. The summed E-state index contributed by atoms with van der Waals surface area (Å²) in [5, 5.41) is 13.8. The highest BCUT2D eigenvalue weighted by molar-refractivity contribution is 6.30. The highest BCUT2D eigenvalue weighted by Crippen LogP contribution is 2.35. The second-order valence-electron chi connectivity index (χ2n) is 6.26. The van der Waals surface area contributed by atoms with E-state index in [1.165, 1.54) is 6.42 Å². The molecule has 2 unspecified atom stereocenters. The van der Waals surface area contributed by atoms with Gasteiger partial charge in [0.25, 0.3) is 0 Å². The predicted octanol–water partition coefficient (Wildman–Crippen LogP) is 5.25. The van der Waals surface area contributed by atoms with Crippen LogP contribution in [-0.4, -0.2) is 5.54 Å². The average Bonchev–Trinajstić information content (AvgIpc) is 2.65. The first-order chi connectivity index (χ1) is 9.54. The van der Waals surface area contributed by atoms with Crippen molar-refractivity contribution < 1.29 is 0 Å². The lowest BCUT2D eigenvalue weighted by atomic mass is 9.87. The second-order valence-corrected chi connectivity index (χ2v) is 6.70. The van der Waals surface area contributed by atoms with Crippen LogP contribution in [0.4, 0.5) is 5.69 Å². The second kappa shape index (κ2) is 6.50. The highest BCUT2D eigenvalue weighted by atomic mass is 35.5. The van der Waals surface area contributed by atoms with Gasteiger partial charge in [-0.2, -0.15) is 5.26 Å². The first-order valence-electron chi connectivity index (χ1n) is 7.50. The van der Waals surface area contributed by atoms with Gasteiger partial charge >= 0.3 is 0 Å². The van der Waals surface area contributed by atoms with Crippen LogP contribution in [0, 0.1) is 23.2 Å². The summed E-state index contributed by atoms with van der Waals surface area (Å²) in [5.74, 6) is 1.46. The van der Waals surface area contributed by atoms with Gasteiger partial charge in [-0.25, -0.2) is 0 Å². The Labute approximate surface area is 127 Å². The zero-order chi connectivity index (χ0) is 14.6. The maximum absolute atomic E-state index is 9.67. The molecule has 1 saturated carbocycles. The van der Waals surface area contributed by atoms with Crippen LogP contribution in [0.5, 0.6) is 0 Å². The summed E-state index contributed by atoms with van der Waals surface area (Å²) in [5.41, 5.74) is 0.566. The van der Waals surface area contributed by atoms with Crippen LogP contribution >= 0.6 is 11.6 Å². The van der Waals surface area contributed by atoms with Crippen LogP contribution in [0.1, 0.15) is 46.0 Å². The number of nitriles is 1. The molecule has 0 heterocycles. The third kappa shape index (κ3) is 3.67. The van der Waals surface area contributed by atoms with Crippen LogP contribution in [0.2, 0.25) is 5.02 Å².